The van der Waals surface area contributed by atoms with E-state index >= 15 is 0 Å². The number of nitrogens with one attached hydrogen (secondary N) is 1. The first-order valence-corrected chi connectivity index (χ1v) is 14.5. The third-order valence-corrected chi connectivity index (χ3v) is 7.89. The summed E-state index contributed by atoms with van der Waals surface area (Å²) in [6.07, 6.45) is 0.309. The normalized spacial score (nSPS) is 16.1. The number of sulfonamides is 1. The fraction of sp³-hybridized carbons (Fsp3) is 0.536. The summed E-state index contributed by atoms with van der Waals surface area (Å²) in [4.78, 5) is 12.6. The Hall–Kier alpha value is -2.86. The van der Waals surface area contributed by atoms with Crippen molar-refractivity contribution >= 4 is 16.1 Å². The van der Waals surface area contributed by atoms with Crippen molar-refractivity contribution in [3.05, 3.63) is 54.1 Å². The number of alkyl carbamates (subject to hydrolysis) is 1. The number of methoxy groups -OCH3 is 1. The van der Waals surface area contributed by atoms with Gasteiger partial charge in [0.05, 0.1) is 17.1 Å². The van der Waals surface area contributed by atoms with Gasteiger partial charge in [0.2, 0.25) is 10.0 Å². The van der Waals surface area contributed by atoms with Gasteiger partial charge in [-0.25, -0.2) is 13.2 Å². The summed E-state index contributed by atoms with van der Waals surface area (Å²) in [5.74, 6) is 0.643. The molecule has 3 rings (SSSR count). The smallest absolute Gasteiger partial charge is 0.409 e. The van der Waals surface area contributed by atoms with Crippen LogP contribution in [-0.4, -0.2) is 61.8 Å². The molecule has 1 amide bonds. The van der Waals surface area contributed by atoms with Gasteiger partial charge in [0.15, 0.2) is 18.3 Å². The molecule has 216 valence electrons. The molecule has 2 atom stereocenters. The van der Waals surface area contributed by atoms with Crippen LogP contribution in [0.1, 0.15) is 58.9 Å². The number of benzene rings is 2. The topological polar surface area (TPSA) is 124 Å². The lowest BCUT2D eigenvalue weighted by Gasteiger charge is -2.34. The van der Waals surface area contributed by atoms with E-state index in [0.717, 1.165) is 30.0 Å². The second kappa shape index (κ2) is 13.5. The molecular weight excluding hydrogens is 524 g/mol. The zero-order chi connectivity index (χ0) is 28.6. The van der Waals surface area contributed by atoms with Crippen LogP contribution in [0.15, 0.2) is 53.4 Å². The molecule has 0 aliphatic heterocycles. The molecule has 0 radical (unpaired) electrons. The third kappa shape index (κ3) is 8.82. The van der Waals surface area contributed by atoms with Gasteiger partial charge in [-0.2, -0.15) is 4.31 Å². The van der Waals surface area contributed by atoms with Crippen LogP contribution in [0.4, 0.5) is 4.79 Å². The Morgan fingerprint density at radius 3 is 2.36 bits per heavy atom. The Kier molecular flexibility index (Phi) is 10.6. The second-order valence-electron chi connectivity index (χ2n) is 10.6. The van der Waals surface area contributed by atoms with Crippen molar-refractivity contribution in [3.8, 4) is 11.5 Å². The average molecular weight is 565 g/mol. The molecular formula is C28H40N2O8S. The van der Waals surface area contributed by atoms with Gasteiger partial charge in [0, 0.05) is 19.7 Å². The molecule has 0 bridgehead atoms. The number of hydrogen-bond donors (Lipinski definition) is 2. The van der Waals surface area contributed by atoms with Gasteiger partial charge < -0.3 is 29.4 Å². The van der Waals surface area contributed by atoms with Gasteiger partial charge in [-0.3, -0.25) is 0 Å². The van der Waals surface area contributed by atoms with E-state index in [1.54, 1.807) is 45.0 Å². The van der Waals surface area contributed by atoms with Crippen molar-refractivity contribution < 1.29 is 37.3 Å². The first kappa shape index (κ1) is 30.7. The lowest BCUT2D eigenvalue weighted by Crippen LogP contribution is -2.56. The highest BCUT2D eigenvalue weighted by atomic mass is 32.2. The molecule has 0 spiro atoms. The fourth-order valence-electron chi connectivity index (χ4n) is 4.26. The number of aliphatic hydroxyl groups is 1. The molecule has 11 heteroatoms. The van der Waals surface area contributed by atoms with Crippen LogP contribution in [-0.2, 0) is 26.0 Å². The van der Waals surface area contributed by atoms with Gasteiger partial charge >= 0.3 is 6.09 Å². The van der Waals surface area contributed by atoms with Crippen LogP contribution in [0.2, 0.25) is 0 Å². The summed E-state index contributed by atoms with van der Waals surface area (Å²) in [5.41, 5.74) is -0.152. The summed E-state index contributed by atoms with van der Waals surface area (Å²) in [5, 5.41) is 13.2. The number of rotatable bonds is 12. The van der Waals surface area contributed by atoms with E-state index < -0.39 is 34.0 Å². The van der Waals surface area contributed by atoms with Gasteiger partial charge in [0.25, 0.3) is 0 Å². The van der Waals surface area contributed by atoms with Crippen molar-refractivity contribution in [1.82, 2.24) is 9.62 Å². The van der Waals surface area contributed by atoms with E-state index in [1.807, 2.05) is 6.07 Å². The van der Waals surface area contributed by atoms with Crippen LogP contribution in [0.3, 0.4) is 0 Å². The van der Waals surface area contributed by atoms with Crippen LogP contribution >= 0.6 is 0 Å². The van der Waals surface area contributed by atoms with Crippen molar-refractivity contribution in [2.75, 3.05) is 13.9 Å². The van der Waals surface area contributed by atoms with Crippen molar-refractivity contribution in [2.45, 2.75) is 88.8 Å². The monoisotopic (exact) mass is 564 g/mol. The maximum absolute atomic E-state index is 14.2. The molecule has 1 aliphatic rings. The standard InChI is InChI=1S/C28H40N2O8S/c1-20(31)26(29-27(32)38-28(2,3)4)30(18-21-11-7-6-8-12-21)39(33,34)23-15-16-24(36-19-35-5)25(17-23)37-22-13-9-10-14-22/h6-8,11-12,15-17,20,22,26,31H,9-10,13-14,18-19H2,1-5H3,(H,29,32)/t20-,26+/m1/s1. The molecule has 1 aliphatic carbocycles. The number of ether oxygens (including phenoxy) is 4. The van der Waals surface area contributed by atoms with Gasteiger partial charge in [-0.1, -0.05) is 30.3 Å². The lowest BCUT2D eigenvalue weighted by atomic mass is 10.2. The molecule has 2 aromatic rings. The summed E-state index contributed by atoms with van der Waals surface area (Å²) < 4.78 is 51.6. The minimum absolute atomic E-state index is 0.0306. The lowest BCUT2D eigenvalue weighted by molar-refractivity contribution is 0.0301. The molecule has 10 nitrogen and oxygen atoms in total. The van der Waals surface area contributed by atoms with E-state index in [9.17, 15) is 18.3 Å². The highest BCUT2D eigenvalue weighted by molar-refractivity contribution is 7.89. The zero-order valence-corrected chi connectivity index (χ0v) is 24.1. The molecule has 1 fully saturated rings. The van der Waals surface area contributed by atoms with Gasteiger partial charge in [0.1, 0.15) is 11.8 Å². The minimum Gasteiger partial charge on any atom is -0.486 e. The van der Waals surface area contributed by atoms with Crippen LogP contribution in [0, 0.1) is 0 Å². The predicted molar refractivity (Wildman–Crippen MR) is 146 cm³/mol. The average Bonchev–Trinajstić information content (AvgIpc) is 3.37. The van der Waals surface area contributed by atoms with E-state index in [2.05, 4.69) is 5.32 Å². The van der Waals surface area contributed by atoms with Gasteiger partial charge in [-0.15, -0.1) is 0 Å². The SMILES string of the molecule is COCOc1ccc(S(=O)(=O)N(Cc2ccccc2)[C@H](NC(=O)OC(C)(C)C)[C@@H](C)O)cc1OC1CCCC1. The number of aliphatic hydroxyl groups excluding tert-OH is 1. The quantitative estimate of drug-likeness (QED) is 0.363. The zero-order valence-electron chi connectivity index (χ0n) is 23.3. The number of carbonyl (C=O) groups excluding carboxylic acids is 1. The Bertz CT molecular complexity index is 1180. The van der Waals surface area contributed by atoms with E-state index in [-0.39, 0.29) is 30.1 Å². The molecule has 0 heterocycles. The number of carbonyl (C=O) groups is 1. The molecule has 2 aromatic carbocycles. The summed E-state index contributed by atoms with van der Waals surface area (Å²) in [6.45, 7) is 6.35. The van der Waals surface area contributed by atoms with Crippen molar-refractivity contribution in [2.24, 2.45) is 0 Å². The third-order valence-electron chi connectivity index (χ3n) is 6.06. The first-order chi connectivity index (χ1) is 18.4. The van der Waals surface area contributed by atoms with Crippen molar-refractivity contribution in [3.63, 3.8) is 0 Å². The number of nitrogens with zero attached hydrogens (tertiary/aromatic N) is 1. The Balaban J connectivity index is 2.03. The van der Waals surface area contributed by atoms with Crippen molar-refractivity contribution in [1.29, 1.82) is 0 Å². The predicted octanol–water partition coefficient (Wildman–Crippen LogP) is 4.41. The maximum Gasteiger partial charge on any atom is 0.409 e. The summed E-state index contributed by atoms with van der Waals surface area (Å²) in [7, 11) is -2.80. The molecule has 0 saturated heterocycles. The highest BCUT2D eigenvalue weighted by Gasteiger charge is 2.37. The first-order valence-electron chi connectivity index (χ1n) is 13.1. The summed E-state index contributed by atoms with van der Waals surface area (Å²) >= 11 is 0. The Morgan fingerprint density at radius 2 is 1.77 bits per heavy atom. The molecule has 0 unspecified atom stereocenters. The highest BCUT2D eigenvalue weighted by Crippen LogP contribution is 2.35. The van der Waals surface area contributed by atoms with E-state index in [1.165, 1.54) is 32.2 Å². The van der Waals surface area contributed by atoms with Crippen LogP contribution in [0.5, 0.6) is 11.5 Å². The maximum atomic E-state index is 14.2. The fourth-order valence-corrected chi connectivity index (χ4v) is 5.88. The largest absolute Gasteiger partial charge is 0.486 e. The van der Waals surface area contributed by atoms with Crippen LogP contribution < -0.4 is 14.8 Å². The molecule has 1 saturated carbocycles. The van der Waals surface area contributed by atoms with E-state index in [0.29, 0.717) is 11.3 Å². The number of amides is 1. The molecule has 0 aromatic heterocycles. The molecule has 2 N–H and O–H groups in total. The van der Waals surface area contributed by atoms with Crippen LogP contribution in [0.25, 0.3) is 0 Å². The van der Waals surface area contributed by atoms with Gasteiger partial charge in [-0.05, 0) is 71.1 Å². The molecule has 39 heavy (non-hydrogen) atoms. The van der Waals surface area contributed by atoms with E-state index in [4.69, 9.17) is 18.9 Å². The minimum atomic E-state index is -4.29. The Morgan fingerprint density at radius 1 is 1.10 bits per heavy atom. The second-order valence-corrected chi connectivity index (χ2v) is 12.4. The summed E-state index contributed by atoms with van der Waals surface area (Å²) in [6, 6.07) is 13.3. The number of hydrogen-bond acceptors (Lipinski definition) is 8. The Labute approximate surface area is 231 Å².